The van der Waals surface area contributed by atoms with Gasteiger partial charge in [0.2, 0.25) is 11.8 Å². The van der Waals surface area contributed by atoms with Gasteiger partial charge in [-0.3, -0.25) is 9.59 Å². The molecular weight excluding hydrogens is 388 g/mol. The van der Waals surface area contributed by atoms with Crippen LogP contribution >= 0.6 is 0 Å². The quantitative estimate of drug-likeness (QED) is 0.649. The number of fused-ring (bicyclic) bond motifs is 1. The zero-order chi connectivity index (χ0) is 21.4. The van der Waals surface area contributed by atoms with Crippen LogP contribution < -0.4 is 4.90 Å². The van der Waals surface area contributed by atoms with E-state index in [1.165, 1.54) is 6.42 Å². The lowest BCUT2D eigenvalue weighted by Crippen LogP contribution is -2.38. The molecule has 0 spiro atoms. The highest BCUT2D eigenvalue weighted by Gasteiger charge is 2.35. The first kappa shape index (κ1) is 19.8. The summed E-state index contributed by atoms with van der Waals surface area (Å²) in [6.45, 7) is 4.58. The van der Waals surface area contributed by atoms with Gasteiger partial charge >= 0.3 is 0 Å². The highest BCUT2D eigenvalue weighted by atomic mass is 16.2. The molecule has 2 fully saturated rings. The van der Waals surface area contributed by atoms with E-state index in [0.717, 1.165) is 54.0 Å². The van der Waals surface area contributed by atoms with Crippen LogP contribution in [0.3, 0.4) is 0 Å². The Morgan fingerprint density at radius 2 is 1.87 bits per heavy atom. The molecule has 6 nitrogen and oxygen atoms in total. The maximum atomic E-state index is 13.1. The maximum absolute atomic E-state index is 13.1. The molecule has 5 rings (SSSR count). The number of likely N-dealkylation sites (tertiary alicyclic amines) is 1. The van der Waals surface area contributed by atoms with Crippen molar-refractivity contribution in [3.05, 3.63) is 59.9 Å². The van der Waals surface area contributed by atoms with Gasteiger partial charge in [0.15, 0.2) is 0 Å². The van der Waals surface area contributed by atoms with E-state index >= 15 is 0 Å². The number of piperidine rings is 1. The summed E-state index contributed by atoms with van der Waals surface area (Å²) < 4.78 is 2.05. The number of carbonyl (C=O) groups is 2. The van der Waals surface area contributed by atoms with E-state index in [-0.39, 0.29) is 24.3 Å². The van der Waals surface area contributed by atoms with Crippen molar-refractivity contribution < 1.29 is 9.59 Å². The average Bonchev–Trinajstić information content (AvgIpc) is 3.35. The molecular formula is C25H28N4O2. The first-order valence-corrected chi connectivity index (χ1v) is 11.2. The van der Waals surface area contributed by atoms with Gasteiger partial charge < -0.3 is 14.4 Å². The van der Waals surface area contributed by atoms with E-state index in [2.05, 4.69) is 0 Å². The Morgan fingerprint density at radius 1 is 1.06 bits per heavy atom. The largest absolute Gasteiger partial charge is 0.341 e. The van der Waals surface area contributed by atoms with Gasteiger partial charge in [0, 0.05) is 37.7 Å². The zero-order valence-corrected chi connectivity index (χ0v) is 18.0. The molecule has 3 aromatic rings. The van der Waals surface area contributed by atoms with Gasteiger partial charge in [-0.1, -0.05) is 24.3 Å². The smallest absolute Gasteiger partial charge is 0.242 e. The van der Waals surface area contributed by atoms with Gasteiger partial charge in [0.05, 0.1) is 11.0 Å². The maximum Gasteiger partial charge on any atom is 0.242 e. The van der Waals surface area contributed by atoms with Gasteiger partial charge in [0.25, 0.3) is 0 Å². The Bertz CT molecular complexity index is 1130. The number of nitrogens with zero attached hydrogens (tertiary/aromatic N) is 4. The number of aryl methyl sites for hydroxylation is 1. The highest BCUT2D eigenvalue weighted by Crippen LogP contribution is 2.33. The SMILES string of the molecule is Cc1cccc(N2CC(c3nc4ccccc4n3CC(=O)N3CCCCC3)CC2=O)c1. The highest BCUT2D eigenvalue weighted by molar-refractivity contribution is 5.96. The molecule has 2 aliphatic rings. The Morgan fingerprint density at radius 3 is 2.68 bits per heavy atom. The van der Waals surface area contributed by atoms with Gasteiger partial charge in [-0.25, -0.2) is 4.98 Å². The molecule has 0 saturated carbocycles. The fourth-order valence-corrected chi connectivity index (χ4v) is 4.88. The molecule has 2 aliphatic heterocycles. The van der Waals surface area contributed by atoms with Gasteiger partial charge in [-0.2, -0.15) is 0 Å². The zero-order valence-electron chi connectivity index (χ0n) is 18.0. The minimum Gasteiger partial charge on any atom is -0.341 e. The summed E-state index contributed by atoms with van der Waals surface area (Å²) in [7, 11) is 0. The standard InChI is InChI=1S/C25H28N4O2/c1-18-8-7-9-20(14-18)28-16-19(15-23(28)30)25-26-21-10-3-4-11-22(21)29(25)17-24(31)27-12-5-2-6-13-27/h3-4,7-11,14,19H,2,5-6,12-13,15-17H2,1H3. The summed E-state index contributed by atoms with van der Waals surface area (Å²) in [6, 6.07) is 16.0. The normalized spacial score (nSPS) is 19.4. The van der Waals surface area contributed by atoms with Crippen LogP contribution in [0.4, 0.5) is 5.69 Å². The Kier molecular flexibility index (Phi) is 5.22. The van der Waals surface area contributed by atoms with E-state index in [9.17, 15) is 9.59 Å². The predicted octanol–water partition coefficient (Wildman–Crippen LogP) is 3.88. The Labute approximate surface area is 182 Å². The number of para-hydroxylation sites is 2. The second-order valence-corrected chi connectivity index (χ2v) is 8.73. The Balaban J connectivity index is 1.46. The average molecular weight is 417 g/mol. The van der Waals surface area contributed by atoms with Crippen LogP contribution in [0.25, 0.3) is 11.0 Å². The number of imidazole rings is 1. The molecule has 6 heteroatoms. The summed E-state index contributed by atoms with van der Waals surface area (Å²) in [5, 5.41) is 0. The van der Waals surface area contributed by atoms with Crippen LogP contribution in [-0.4, -0.2) is 45.9 Å². The fourth-order valence-electron chi connectivity index (χ4n) is 4.88. The van der Waals surface area contributed by atoms with E-state index in [4.69, 9.17) is 4.98 Å². The van der Waals surface area contributed by atoms with Crippen molar-refractivity contribution in [1.29, 1.82) is 0 Å². The van der Waals surface area contributed by atoms with Crippen LogP contribution in [0.1, 0.15) is 43.0 Å². The Hall–Kier alpha value is -3.15. The van der Waals surface area contributed by atoms with Gasteiger partial charge in [-0.05, 0) is 56.0 Å². The summed E-state index contributed by atoms with van der Waals surface area (Å²) in [4.78, 5) is 34.7. The van der Waals surface area contributed by atoms with Crippen molar-refractivity contribution in [2.75, 3.05) is 24.5 Å². The number of hydrogen-bond donors (Lipinski definition) is 0. The van der Waals surface area contributed by atoms with Crippen molar-refractivity contribution in [2.45, 2.75) is 45.1 Å². The lowest BCUT2D eigenvalue weighted by Gasteiger charge is -2.27. The number of carbonyl (C=O) groups excluding carboxylic acids is 2. The molecule has 1 unspecified atom stereocenters. The fraction of sp³-hybridized carbons (Fsp3) is 0.400. The van der Waals surface area contributed by atoms with E-state index in [0.29, 0.717) is 13.0 Å². The molecule has 31 heavy (non-hydrogen) atoms. The van der Waals surface area contributed by atoms with Crippen molar-refractivity contribution in [3.63, 3.8) is 0 Å². The number of rotatable bonds is 4. The van der Waals surface area contributed by atoms with Gasteiger partial charge in [-0.15, -0.1) is 0 Å². The van der Waals surface area contributed by atoms with Crippen LogP contribution in [0.15, 0.2) is 48.5 Å². The molecule has 1 atom stereocenters. The minimum absolute atomic E-state index is 0.0328. The van der Waals surface area contributed by atoms with Crippen molar-refractivity contribution >= 4 is 28.5 Å². The van der Waals surface area contributed by atoms with Crippen molar-refractivity contribution in [2.24, 2.45) is 0 Å². The molecule has 3 heterocycles. The first-order valence-electron chi connectivity index (χ1n) is 11.2. The summed E-state index contributed by atoms with van der Waals surface area (Å²) in [6.07, 6.45) is 3.76. The van der Waals surface area contributed by atoms with E-state index in [1.54, 1.807) is 0 Å². The summed E-state index contributed by atoms with van der Waals surface area (Å²) in [5.41, 5.74) is 3.90. The molecule has 2 amide bonds. The third kappa shape index (κ3) is 3.82. The van der Waals surface area contributed by atoms with Crippen LogP contribution in [-0.2, 0) is 16.1 Å². The minimum atomic E-state index is -0.0328. The number of benzene rings is 2. The second-order valence-electron chi connectivity index (χ2n) is 8.73. The lowest BCUT2D eigenvalue weighted by atomic mass is 10.1. The van der Waals surface area contributed by atoms with E-state index in [1.807, 2.05) is 69.8 Å². The molecule has 0 N–H and O–H groups in total. The van der Waals surface area contributed by atoms with Crippen molar-refractivity contribution in [1.82, 2.24) is 14.5 Å². The van der Waals surface area contributed by atoms with E-state index < -0.39 is 0 Å². The molecule has 1 aromatic heterocycles. The lowest BCUT2D eigenvalue weighted by molar-refractivity contribution is -0.132. The van der Waals surface area contributed by atoms with Crippen molar-refractivity contribution in [3.8, 4) is 0 Å². The monoisotopic (exact) mass is 416 g/mol. The summed E-state index contributed by atoms with van der Waals surface area (Å²) in [5.74, 6) is 1.06. The molecule has 2 aromatic carbocycles. The molecule has 0 radical (unpaired) electrons. The number of hydrogen-bond acceptors (Lipinski definition) is 3. The van der Waals surface area contributed by atoms with Crippen LogP contribution in [0.2, 0.25) is 0 Å². The number of anilines is 1. The van der Waals surface area contributed by atoms with Gasteiger partial charge in [0.1, 0.15) is 12.4 Å². The topological polar surface area (TPSA) is 58.4 Å². The number of aromatic nitrogens is 2. The first-order chi connectivity index (χ1) is 15.1. The number of amides is 2. The third-order valence-corrected chi connectivity index (χ3v) is 6.49. The molecule has 0 bridgehead atoms. The van der Waals surface area contributed by atoms with Crippen LogP contribution in [0.5, 0.6) is 0 Å². The summed E-state index contributed by atoms with van der Waals surface area (Å²) >= 11 is 0. The third-order valence-electron chi connectivity index (χ3n) is 6.49. The molecule has 160 valence electrons. The predicted molar refractivity (Wildman–Crippen MR) is 121 cm³/mol. The van der Waals surface area contributed by atoms with Crippen LogP contribution in [0, 0.1) is 6.92 Å². The second kappa shape index (κ2) is 8.17. The molecule has 2 saturated heterocycles. The molecule has 0 aliphatic carbocycles.